The third-order valence-corrected chi connectivity index (χ3v) is 3.92. The van der Waals surface area contributed by atoms with Crippen LogP contribution in [0.1, 0.15) is 39.0 Å². The maximum Gasteiger partial charge on any atom is 0.120 e. The van der Waals surface area contributed by atoms with Crippen LogP contribution in [0, 0.1) is 5.92 Å². The molecule has 0 amide bonds. The van der Waals surface area contributed by atoms with Crippen molar-refractivity contribution < 1.29 is 4.74 Å². The Morgan fingerprint density at radius 2 is 2.00 bits per heavy atom. The Balaban J connectivity index is 1.93. The largest absolute Gasteiger partial charge is 0.490 e. The van der Waals surface area contributed by atoms with E-state index in [1.807, 2.05) is 24.3 Å². The first kappa shape index (κ1) is 12.0. The maximum atomic E-state index is 6.00. The molecule has 0 radical (unpaired) electrons. The molecule has 1 aliphatic rings. The minimum absolute atomic E-state index is 0.342. The van der Waals surface area contributed by atoms with Gasteiger partial charge in [-0.25, -0.2) is 0 Å². The smallest absolute Gasteiger partial charge is 0.120 e. The molecule has 1 aliphatic carbocycles. The van der Waals surface area contributed by atoms with Crippen LogP contribution in [0.25, 0.3) is 0 Å². The first-order chi connectivity index (χ1) is 7.75. The van der Waals surface area contributed by atoms with Gasteiger partial charge in [-0.15, -0.1) is 0 Å². The second kappa shape index (κ2) is 5.72. The molecule has 1 fully saturated rings. The highest BCUT2D eigenvalue weighted by Gasteiger charge is 2.21. The SMILES string of the molecule is C[C@H](Oc1cccc(Br)c1)C1CCCCC1. The van der Waals surface area contributed by atoms with Crippen LogP contribution in [0.2, 0.25) is 0 Å². The molecule has 0 aliphatic heterocycles. The number of hydrogen-bond donors (Lipinski definition) is 0. The molecule has 0 N–H and O–H groups in total. The minimum Gasteiger partial charge on any atom is -0.490 e. The van der Waals surface area contributed by atoms with E-state index in [2.05, 4.69) is 22.9 Å². The average Bonchev–Trinajstić information content (AvgIpc) is 2.30. The third-order valence-electron chi connectivity index (χ3n) is 3.43. The quantitative estimate of drug-likeness (QED) is 0.774. The van der Waals surface area contributed by atoms with Gasteiger partial charge in [-0.2, -0.15) is 0 Å². The lowest BCUT2D eigenvalue weighted by Crippen LogP contribution is -2.25. The van der Waals surface area contributed by atoms with Crippen LogP contribution in [0.3, 0.4) is 0 Å². The molecule has 0 saturated heterocycles. The fraction of sp³-hybridized carbons (Fsp3) is 0.571. The second-order valence-corrected chi connectivity index (χ2v) is 5.59. The molecule has 1 atom stereocenters. The van der Waals surface area contributed by atoms with Gasteiger partial charge >= 0.3 is 0 Å². The van der Waals surface area contributed by atoms with Gasteiger partial charge in [0.05, 0.1) is 6.10 Å². The Morgan fingerprint density at radius 1 is 1.25 bits per heavy atom. The molecule has 1 nitrogen and oxygen atoms in total. The van der Waals surface area contributed by atoms with Gasteiger partial charge in [0.25, 0.3) is 0 Å². The summed E-state index contributed by atoms with van der Waals surface area (Å²) in [6, 6.07) is 8.12. The average molecular weight is 283 g/mol. The molecule has 88 valence electrons. The van der Waals surface area contributed by atoms with Crippen molar-refractivity contribution in [2.45, 2.75) is 45.1 Å². The van der Waals surface area contributed by atoms with E-state index in [1.54, 1.807) is 0 Å². The lowest BCUT2D eigenvalue weighted by atomic mass is 9.86. The van der Waals surface area contributed by atoms with Crippen molar-refractivity contribution >= 4 is 15.9 Å². The minimum atomic E-state index is 0.342. The Bertz CT molecular complexity index is 331. The van der Waals surface area contributed by atoms with E-state index in [1.165, 1.54) is 32.1 Å². The van der Waals surface area contributed by atoms with E-state index in [0.29, 0.717) is 6.10 Å². The van der Waals surface area contributed by atoms with Crippen LogP contribution in [-0.2, 0) is 0 Å². The molecule has 0 bridgehead atoms. The Kier molecular flexibility index (Phi) is 4.28. The molecule has 1 aromatic carbocycles. The number of hydrogen-bond acceptors (Lipinski definition) is 1. The van der Waals surface area contributed by atoms with Gasteiger partial charge in [-0.1, -0.05) is 41.3 Å². The van der Waals surface area contributed by atoms with E-state index >= 15 is 0 Å². The predicted molar refractivity (Wildman–Crippen MR) is 70.8 cm³/mol. The van der Waals surface area contributed by atoms with Crippen LogP contribution in [0.15, 0.2) is 28.7 Å². The van der Waals surface area contributed by atoms with Gasteiger partial charge in [0.2, 0.25) is 0 Å². The molecule has 2 heteroatoms. The van der Waals surface area contributed by atoms with Crippen molar-refractivity contribution in [1.29, 1.82) is 0 Å². The number of ether oxygens (including phenoxy) is 1. The van der Waals surface area contributed by atoms with Crippen LogP contribution in [-0.4, -0.2) is 6.10 Å². The van der Waals surface area contributed by atoms with Crippen molar-refractivity contribution in [1.82, 2.24) is 0 Å². The van der Waals surface area contributed by atoms with Crippen molar-refractivity contribution in [3.63, 3.8) is 0 Å². The summed E-state index contributed by atoms with van der Waals surface area (Å²) in [6.07, 6.45) is 7.15. The van der Waals surface area contributed by atoms with Gasteiger partial charge in [0.1, 0.15) is 5.75 Å². The van der Waals surface area contributed by atoms with Crippen molar-refractivity contribution in [3.8, 4) is 5.75 Å². The van der Waals surface area contributed by atoms with Crippen LogP contribution < -0.4 is 4.74 Å². The highest BCUT2D eigenvalue weighted by Crippen LogP contribution is 2.29. The number of rotatable bonds is 3. The molecule has 16 heavy (non-hydrogen) atoms. The molecular formula is C14H19BrO. The monoisotopic (exact) mass is 282 g/mol. The van der Waals surface area contributed by atoms with E-state index < -0.39 is 0 Å². The van der Waals surface area contributed by atoms with E-state index in [0.717, 1.165) is 16.1 Å². The summed E-state index contributed by atoms with van der Waals surface area (Å²) in [7, 11) is 0. The van der Waals surface area contributed by atoms with Gasteiger partial charge in [-0.05, 0) is 43.9 Å². The van der Waals surface area contributed by atoms with Crippen LogP contribution >= 0.6 is 15.9 Å². The summed E-state index contributed by atoms with van der Waals surface area (Å²) < 4.78 is 7.09. The zero-order valence-corrected chi connectivity index (χ0v) is 11.4. The van der Waals surface area contributed by atoms with E-state index in [4.69, 9.17) is 4.74 Å². The Labute approximate surface area is 106 Å². The van der Waals surface area contributed by atoms with E-state index in [-0.39, 0.29) is 0 Å². The van der Waals surface area contributed by atoms with Gasteiger partial charge < -0.3 is 4.74 Å². The van der Waals surface area contributed by atoms with Crippen LogP contribution in [0.4, 0.5) is 0 Å². The first-order valence-corrected chi connectivity index (χ1v) is 6.97. The topological polar surface area (TPSA) is 9.23 Å². The summed E-state index contributed by atoms with van der Waals surface area (Å²) in [4.78, 5) is 0. The highest BCUT2D eigenvalue weighted by molar-refractivity contribution is 9.10. The normalized spacial score (nSPS) is 19.4. The summed E-state index contributed by atoms with van der Waals surface area (Å²) in [5, 5.41) is 0. The van der Waals surface area contributed by atoms with E-state index in [9.17, 15) is 0 Å². The third kappa shape index (κ3) is 3.24. The second-order valence-electron chi connectivity index (χ2n) is 4.68. The highest BCUT2D eigenvalue weighted by atomic mass is 79.9. The predicted octanol–water partition coefficient (Wildman–Crippen LogP) is 4.80. The van der Waals surface area contributed by atoms with Gasteiger partial charge in [0, 0.05) is 4.47 Å². The molecule has 1 saturated carbocycles. The standard InChI is InChI=1S/C14H19BrO/c1-11(12-6-3-2-4-7-12)16-14-9-5-8-13(15)10-14/h5,8-12H,2-4,6-7H2,1H3/t11-/m0/s1. The molecule has 0 unspecified atom stereocenters. The lowest BCUT2D eigenvalue weighted by Gasteiger charge is -2.28. The fourth-order valence-corrected chi connectivity index (χ4v) is 2.83. The number of benzene rings is 1. The van der Waals surface area contributed by atoms with Crippen molar-refractivity contribution in [3.05, 3.63) is 28.7 Å². The van der Waals surface area contributed by atoms with Crippen molar-refractivity contribution in [2.75, 3.05) is 0 Å². The Hall–Kier alpha value is -0.500. The molecule has 0 heterocycles. The van der Waals surface area contributed by atoms with Crippen LogP contribution in [0.5, 0.6) is 5.75 Å². The summed E-state index contributed by atoms with van der Waals surface area (Å²) in [6.45, 7) is 2.21. The zero-order valence-electron chi connectivity index (χ0n) is 9.79. The lowest BCUT2D eigenvalue weighted by molar-refractivity contribution is 0.123. The fourth-order valence-electron chi connectivity index (χ4n) is 2.45. The molecule has 2 rings (SSSR count). The summed E-state index contributed by atoms with van der Waals surface area (Å²) >= 11 is 3.47. The van der Waals surface area contributed by atoms with Gasteiger partial charge in [0.15, 0.2) is 0 Å². The molecular weight excluding hydrogens is 264 g/mol. The number of halogens is 1. The molecule has 1 aromatic rings. The first-order valence-electron chi connectivity index (χ1n) is 6.18. The summed E-state index contributed by atoms with van der Waals surface area (Å²) in [5.41, 5.74) is 0. The molecule has 0 aromatic heterocycles. The Morgan fingerprint density at radius 3 is 2.69 bits per heavy atom. The molecule has 0 spiro atoms. The zero-order chi connectivity index (χ0) is 11.4. The van der Waals surface area contributed by atoms with Gasteiger partial charge in [-0.3, -0.25) is 0 Å². The van der Waals surface area contributed by atoms with Crippen molar-refractivity contribution in [2.24, 2.45) is 5.92 Å². The summed E-state index contributed by atoms with van der Waals surface area (Å²) in [5.74, 6) is 1.72. The maximum absolute atomic E-state index is 6.00.